The SMILES string of the molecule is CC(=[Se])CCC(C)=[Se]. The zero-order chi connectivity index (χ0) is 6.57. The van der Waals surface area contributed by atoms with Gasteiger partial charge in [-0.25, -0.2) is 0 Å². The summed E-state index contributed by atoms with van der Waals surface area (Å²) < 4.78 is 2.78. The van der Waals surface area contributed by atoms with E-state index in [1.165, 1.54) is 21.7 Å². The van der Waals surface area contributed by atoms with Crippen molar-refractivity contribution in [2.75, 3.05) is 0 Å². The second-order valence-electron chi connectivity index (χ2n) is 1.90. The van der Waals surface area contributed by atoms with Crippen molar-refractivity contribution in [2.45, 2.75) is 26.7 Å². The van der Waals surface area contributed by atoms with Gasteiger partial charge in [-0.1, -0.05) is 0 Å². The van der Waals surface area contributed by atoms with Crippen LogP contribution in [0.3, 0.4) is 0 Å². The molecule has 0 aromatic heterocycles. The van der Waals surface area contributed by atoms with E-state index in [4.69, 9.17) is 0 Å². The number of hydrogen-bond acceptors (Lipinski definition) is 0. The molecule has 0 spiro atoms. The first-order valence-corrected chi connectivity index (χ1v) is 4.33. The van der Waals surface area contributed by atoms with Crippen LogP contribution in [-0.2, 0) is 0 Å². The van der Waals surface area contributed by atoms with E-state index < -0.39 is 0 Å². The Morgan fingerprint density at radius 3 is 1.38 bits per heavy atom. The molecule has 0 heterocycles. The Morgan fingerprint density at radius 1 is 1.00 bits per heavy atom. The predicted molar refractivity (Wildman–Crippen MR) is 42.1 cm³/mol. The molecule has 0 rings (SSSR count). The van der Waals surface area contributed by atoms with E-state index in [0.717, 1.165) is 0 Å². The summed E-state index contributed by atoms with van der Waals surface area (Å²) in [6, 6.07) is 0. The maximum absolute atomic E-state index is 2.98. The molecule has 0 nitrogen and oxygen atoms in total. The van der Waals surface area contributed by atoms with Gasteiger partial charge in [-0.15, -0.1) is 0 Å². The predicted octanol–water partition coefficient (Wildman–Crippen LogP) is 0.488. The van der Waals surface area contributed by atoms with Crippen molar-refractivity contribution in [3.63, 3.8) is 0 Å². The molecule has 0 unspecified atom stereocenters. The van der Waals surface area contributed by atoms with Crippen LogP contribution in [0.15, 0.2) is 0 Å². The fourth-order valence-corrected chi connectivity index (χ4v) is 0.780. The van der Waals surface area contributed by atoms with Crippen molar-refractivity contribution in [1.82, 2.24) is 0 Å². The van der Waals surface area contributed by atoms with Gasteiger partial charge in [-0.05, 0) is 0 Å². The van der Waals surface area contributed by atoms with Crippen molar-refractivity contribution >= 4 is 40.0 Å². The first-order chi connectivity index (χ1) is 3.63. The van der Waals surface area contributed by atoms with Gasteiger partial charge in [0.05, 0.1) is 0 Å². The molecule has 0 saturated heterocycles. The van der Waals surface area contributed by atoms with Crippen LogP contribution in [0, 0.1) is 0 Å². The molecular formula is C6H10Se2. The Hall–Kier alpha value is 0.779. The molecule has 0 aliphatic heterocycles. The average molecular weight is 240 g/mol. The van der Waals surface area contributed by atoms with Gasteiger partial charge in [-0.3, -0.25) is 0 Å². The van der Waals surface area contributed by atoms with Crippen LogP contribution in [0.2, 0.25) is 0 Å². The maximum atomic E-state index is 2.98. The van der Waals surface area contributed by atoms with Crippen LogP contribution >= 0.6 is 0 Å². The fraction of sp³-hybridized carbons (Fsp3) is 0.667. The van der Waals surface area contributed by atoms with E-state index in [1.54, 1.807) is 0 Å². The van der Waals surface area contributed by atoms with E-state index in [1.807, 2.05) is 0 Å². The van der Waals surface area contributed by atoms with Gasteiger partial charge in [0.25, 0.3) is 0 Å². The molecule has 0 aromatic rings. The summed E-state index contributed by atoms with van der Waals surface area (Å²) in [6.45, 7) is 4.23. The molecule has 0 atom stereocenters. The molecule has 46 valence electrons. The van der Waals surface area contributed by atoms with Crippen LogP contribution in [0.1, 0.15) is 26.7 Å². The third-order valence-electron chi connectivity index (χ3n) is 0.829. The molecule has 0 fully saturated rings. The Kier molecular flexibility index (Phi) is 5.09. The van der Waals surface area contributed by atoms with Gasteiger partial charge >= 0.3 is 66.7 Å². The third kappa shape index (κ3) is 6.78. The van der Waals surface area contributed by atoms with Gasteiger partial charge in [0.15, 0.2) is 0 Å². The minimum absolute atomic E-state index is 1.18. The zero-order valence-corrected chi connectivity index (χ0v) is 8.66. The summed E-state index contributed by atoms with van der Waals surface area (Å²) in [5, 5.41) is 0. The molecule has 0 amide bonds. The molecular weight excluding hydrogens is 230 g/mol. The number of rotatable bonds is 3. The van der Waals surface area contributed by atoms with Crippen LogP contribution in [0.25, 0.3) is 0 Å². The summed E-state index contributed by atoms with van der Waals surface area (Å²) in [5.74, 6) is 0. The summed E-state index contributed by atoms with van der Waals surface area (Å²) in [4.78, 5) is 0. The molecule has 0 aliphatic carbocycles. The monoisotopic (exact) mass is 242 g/mol. The molecule has 0 bridgehead atoms. The summed E-state index contributed by atoms with van der Waals surface area (Å²) in [5.41, 5.74) is 0. The van der Waals surface area contributed by atoms with Gasteiger partial charge < -0.3 is 0 Å². The Labute approximate surface area is 66.8 Å². The number of hydrogen-bond donors (Lipinski definition) is 0. The van der Waals surface area contributed by atoms with E-state index in [-0.39, 0.29) is 0 Å². The van der Waals surface area contributed by atoms with Gasteiger partial charge in [0.1, 0.15) is 0 Å². The van der Waals surface area contributed by atoms with Gasteiger partial charge in [-0.2, -0.15) is 0 Å². The second-order valence-corrected chi connectivity index (χ2v) is 4.83. The zero-order valence-electron chi connectivity index (χ0n) is 5.23. The van der Waals surface area contributed by atoms with Gasteiger partial charge in [0.2, 0.25) is 0 Å². The van der Waals surface area contributed by atoms with E-state index in [9.17, 15) is 0 Å². The molecule has 0 aliphatic rings. The van der Waals surface area contributed by atoms with E-state index in [2.05, 4.69) is 45.0 Å². The molecule has 2 heteroatoms. The second kappa shape index (κ2) is 4.64. The first-order valence-electron chi connectivity index (χ1n) is 2.62. The molecule has 0 radical (unpaired) electrons. The minimum atomic E-state index is 1.18. The molecule has 0 aromatic carbocycles. The molecule has 0 saturated carbocycles. The fourth-order valence-electron chi connectivity index (χ4n) is 0.352. The van der Waals surface area contributed by atoms with Gasteiger partial charge in [0, 0.05) is 0 Å². The summed E-state index contributed by atoms with van der Waals surface area (Å²) >= 11 is 5.97. The summed E-state index contributed by atoms with van der Waals surface area (Å²) in [7, 11) is 0. The Bertz CT molecular complexity index is 91.1. The molecule has 0 N–H and O–H groups in total. The third-order valence-corrected chi connectivity index (χ3v) is 1.69. The van der Waals surface area contributed by atoms with Crippen molar-refractivity contribution in [3.05, 3.63) is 0 Å². The van der Waals surface area contributed by atoms with Crippen molar-refractivity contribution in [3.8, 4) is 0 Å². The average Bonchev–Trinajstić information content (AvgIpc) is 1.61. The van der Waals surface area contributed by atoms with Crippen LogP contribution in [0.4, 0.5) is 0 Å². The Morgan fingerprint density at radius 2 is 1.25 bits per heavy atom. The van der Waals surface area contributed by atoms with Crippen molar-refractivity contribution < 1.29 is 0 Å². The summed E-state index contributed by atoms with van der Waals surface area (Å²) in [6.07, 6.45) is 2.36. The van der Waals surface area contributed by atoms with Crippen molar-refractivity contribution in [1.29, 1.82) is 0 Å². The quantitative estimate of drug-likeness (QED) is 0.630. The normalized spacial score (nSPS) is 8.75. The van der Waals surface area contributed by atoms with E-state index in [0.29, 0.717) is 0 Å². The standard InChI is InChI=1S/C6H10Se2/c1-5(7)3-4-6(2)8/h3-4H2,1-2H3. The van der Waals surface area contributed by atoms with Crippen LogP contribution in [-0.4, -0.2) is 40.0 Å². The first kappa shape index (κ1) is 8.78. The van der Waals surface area contributed by atoms with Crippen LogP contribution in [0.5, 0.6) is 0 Å². The van der Waals surface area contributed by atoms with Crippen molar-refractivity contribution in [2.24, 2.45) is 0 Å². The van der Waals surface area contributed by atoms with E-state index >= 15 is 0 Å². The Balaban J connectivity index is 3.18. The van der Waals surface area contributed by atoms with Crippen LogP contribution < -0.4 is 0 Å². The topological polar surface area (TPSA) is 0 Å². The molecule has 8 heavy (non-hydrogen) atoms.